The van der Waals surface area contributed by atoms with Crippen molar-refractivity contribution < 1.29 is 4.79 Å². The highest BCUT2D eigenvalue weighted by molar-refractivity contribution is 6.33. The van der Waals surface area contributed by atoms with E-state index in [1.807, 2.05) is 66.4 Å². The standard InChI is InChI=1S/C23H24ClN3O/c1-16-10-12-26(13-11-16)23(28)22-15-21(19-8-3-4-9-20(19)24)25-27(22)18-7-5-6-17(2)14-18/h3-9,14-16H,10-13H2,1-2H3. The van der Waals surface area contributed by atoms with Gasteiger partial charge in [0.25, 0.3) is 5.91 Å². The average molecular weight is 394 g/mol. The minimum absolute atomic E-state index is 0.0270. The molecule has 3 aromatic rings. The maximum absolute atomic E-state index is 13.3. The molecule has 0 atom stereocenters. The number of hydrogen-bond acceptors (Lipinski definition) is 2. The van der Waals surface area contributed by atoms with Gasteiger partial charge in [-0.25, -0.2) is 4.68 Å². The first-order valence-corrected chi connectivity index (χ1v) is 10.1. The fourth-order valence-corrected chi connectivity index (χ4v) is 3.90. The number of aryl methyl sites for hydroxylation is 1. The van der Waals surface area contributed by atoms with Gasteiger partial charge < -0.3 is 4.90 Å². The summed E-state index contributed by atoms with van der Waals surface area (Å²) in [5.41, 5.74) is 4.12. The molecular formula is C23H24ClN3O. The summed E-state index contributed by atoms with van der Waals surface area (Å²) >= 11 is 6.39. The molecule has 5 heteroatoms. The first-order chi connectivity index (χ1) is 13.5. The molecule has 0 unspecified atom stereocenters. The van der Waals surface area contributed by atoms with Crippen LogP contribution in [0.4, 0.5) is 0 Å². The molecule has 0 radical (unpaired) electrons. The number of halogens is 1. The van der Waals surface area contributed by atoms with Crippen molar-refractivity contribution in [3.8, 4) is 16.9 Å². The van der Waals surface area contributed by atoms with Crippen LogP contribution in [-0.4, -0.2) is 33.7 Å². The Morgan fingerprint density at radius 2 is 1.82 bits per heavy atom. The SMILES string of the molecule is Cc1cccc(-n2nc(-c3ccccc3Cl)cc2C(=O)N2CCC(C)CC2)c1. The Morgan fingerprint density at radius 3 is 2.54 bits per heavy atom. The molecule has 1 aromatic heterocycles. The average Bonchev–Trinajstić information content (AvgIpc) is 3.13. The number of carbonyl (C=O) groups is 1. The van der Waals surface area contributed by atoms with Gasteiger partial charge in [0.2, 0.25) is 0 Å². The van der Waals surface area contributed by atoms with Gasteiger partial charge in [0.15, 0.2) is 0 Å². The Kier molecular flexibility index (Phi) is 5.23. The number of nitrogens with zero attached hydrogens (tertiary/aromatic N) is 3. The number of likely N-dealkylation sites (tertiary alicyclic amines) is 1. The third-order valence-corrected chi connectivity index (χ3v) is 5.72. The molecule has 2 aromatic carbocycles. The van der Waals surface area contributed by atoms with Crippen LogP contribution in [-0.2, 0) is 0 Å². The fourth-order valence-electron chi connectivity index (χ4n) is 3.66. The van der Waals surface area contributed by atoms with Gasteiger partial charge in [0.05, 0.1) is 16.4 Å². The zero-order valence-electron chi connectivity index (χ0n) is 16.2. The highest BCUT2D eigenvalue weighted by Gasteiger charge is 2.26. The molecule has 1 aliphatic heterocycles. The maximum Gasteiger partial charge on any atom is 0.272 e. The summed E-state index contributed by atoms with van der Waals surface area (Å²) in [4.78, 5) is 15.3. The summed E-state index contributed by atoms with van der Waals surface area (Å²) < 4.78 is 1.76. The van der Waals surface area contributed by atoms with Crippen LogP contribution in [0.1, 0.15) is 35.8 Å². The summed E-state index contributed by atoms with van der Waals surface area (Å²) in [5.74, 6) is 0.698. The molecule has 0 saturated carbocycles. The summed E-state index contributed by atoms with van der Waals surface area (Å²) in [5, 5.41) is 5.40. The van der Waals surface area contributed by atoms with Gasteiger partial charge in [-0.15, -0.1) is 0 Å². The predicted molar refractivity (Wildman–Crippen MR) is 113 cm³/mol. The lowest BCUT2D eigenvalue weighted by atomic mass is 9.99. The molecule has 0 aliphatic carbocycles. The molecule has 28 heavy (non-hydrogen) atoms. The van der Waals surface area contributed by atoms with E-state index in [-0.39, 0.29) is 5.91 Å². The first kappa shape index (κ1) is 18.8. The van der Waals surface area contributed by atoms with E-state index in [4.69, 9.17) is 16.7 Å². The summed E-state index contributed by atoms with van der Waals surface area (Å²) in [7, 11) is 0. The van der Waals surface area contributed by atoms with Crippen LogP contribution in [0.25, 0.3) is 16.9 Å². The second-order valence-electron chi connectivity index (χ2n) is 7.62. The first-order valence-electron chi connectivity index (χ1n) is 9.74. The highest BCUT2D eigenvalue weighted by Crippen LogP contribution is 2.29. The van der Waals surface area contributed by atoms with Crippen molar-refractivity contribution in [2.24, 2.45) is 5.92 Å². The molecule has 4 rings (SSSR count). The smallest absolute Gasteiger partial charge is 0.272 e. The normalized spacial score (nSPS) is 15.0. The van der Waals surface area contributed by atoms with Crippen molar-refractivity contribution in [1.82, 2.24) is 14.7 Å². The second-order valence-corrected chi connectivity index (χ2v) is 8.03. The van der Waals surface area contributed by atoms with Crippen molar-refractivity contribution in [2.75, 3.05) is 13.1 Å². The lowest BCUT2D eigenvalue weighted by molar-refractivity contribution is 0.0688. The zero-order valence-corrected chi connectivity index (χ0v) is 17.0. The van der Waals surface area contributed by atoms with Gasteiger partial charge in [-0.1, -0.05) is 48.9 Å². The van der Waals surface area contributed by atoms with Gasteiger partial charge >= 0.3 is 0 Å². The molecule has 1 saturated heterocycles. The topological polar surface area (TPSA) is 38.1 Å². The number of hydrogen-bond donors (Lipinski definition) is 0. The number of carbonyl (C=O) groups excluding carboxylic acids is 1. The van der Waals surface area contributed by atoms with E-state index in [1.54, 1.807) is 4.68 Å². The van der Waals surface area contributed by atoms with Gasteiger partial charge in [-0.2, -0.15) is 5.10 Å². The number of rotatable bonds is 3. The molecule has 1 fully saturated rings. The molecule has 2 heterocycles. The van der Waals surface area contributed by atoms with E-state index >= 15 is 0 Å². The van der Waals surface area contributed by atoms with Crippen molar-refractivity contribution in [3.63, 3.8) is 0 Å². The van der Waals surface area contributed by atoms with Crippen molar-refractivity contribution in [1.29, 1.82) is 0 Å². The number of piperidine rings is 1. The number of benzene rings is 2. The summed E-state index contributed by atoms with van der Waals surface area (Å²) in [6.07, 6.45) is 2.09. The third kappa shape index (κ3) is 3.69. The van der Waals surface area contributed by atoms with Crippen LogP contribution >= 0.6 is 11.6 Å². The summed E-state index contributed by atoms with van der Waals surface area (Å²) in [6, 6.07) is 17.5. The van der Waals surface area contributed by atoms with Crippen LogP contribution in [0.15, 0.2) is 54.6 Å². The lowest BCUT2D eigenvalue weighted by Gasteiger charge is -2.30. The molecule has 1 aliphatic rings. The Bertz CT molecular complexity index is 1000. The Hall–Kier alpha value is -2.59. The lowest BCUT2D eigenvalue weighted by Crippen LogP contribution is -2.38. The minimum Gasteiger partial charge on any atom is -0.337 e. The van der Waals surface area contributed by atoms with Gasteiger partial charge in [0.1, 0.15) is 5.69 Å². The van der Waals surface area contributed by atoms with Crippen LogP contribution in [0.2, 0.25) is 5.02 Å². The van der Waals surface area contributed by atoms with Crippen molar-refractivity contribution >= 4 is 17.5 Å². The number of amides is 1. The Balaban J connectivity index is 1.79. The molecular weight excluding hydrogens is 370 g/mol. The Labute approximate surface area is 170 Å². The summed E-state index contributed by atoms with van der Waals surface area (Å²) in [6.45, 7) is 5.87. The zero-order chi connectivity index (χ0) is 19.7. The van der Waals surface area contributed by atoms with Crippen molar-refractivity contribution in [3.05, 3.63) is 70.9 Å². The third-order valence-electron chi connectivity index (χ3n) is 5.40. The van der Waals surface area contributed by atoms with E-state index in [0.717, 1.165) is 42.7 Å². The molecule has 0 bridgehead atoms. The van der Waals surface area contributed by atoms with Crippen LogP contribution in [0.3, 0.4) is 0 Å². The molecule has 0 spiro atoms. The van der Waals surface area contributed by atoms with Crippen LogP contribution < -0.4 is 0 Å². The Morgan fingerprint density at radius 1 is 1.07 bits per heavy atom. The van der Waals surface area contributed by atoms with Crippen LogP contribution in [0, 0.1) is 12.8 Å². The molecule has 4 nitrogen and oxygen atoms in total. The monoisotopic (exact) mass is 393 g/mol. The molecule has 1 amide bonds. The van der Waals surface area contributed by atoms with Crippen molar-refractivity contribution in [2.45, 2.75) is 26.7 Å². The van der Waals surface area contributed by atoms with Crippen LogP contribution in [0.5, 0.6) is 0 Å². The largest absolute Gasteiger partial charge is 0.337 e. The van der Waals surface area contributed by atoms with E-state index in [2.05, 4.69) is 6.92 Å². The number of aromatic nitrogens is 2. The van der Waals surface area contributed by atoms with E-state index in [9.17, 15) is 4.79 Å². The van der Waals surface area contributed by atoms with Gasteiger partial charge in [0, 0.05) is 18.7 Å². The van der Waals surface area contributed by atoms with E-state index < -0.39 is 0 Å². The minimum atomic E-state index is 0.0270. The van der Waals surface area contributed by atoms with Gasteiger partial charge in [-0.3, -0.25) is 4.79 Å². The quantitative estimate of drug-likeness (QED) is 0.599. The second kappa shape index (κ2) is 7.80. The predicted octanol–water partition coefficient (Wildman–Crippen LogP) is 5.37. The van der Waals surface area contributed by atoms with Gasteiger partial charge in [-0.05, 0) is 55.5 Å². The molecule has 144 valence electrons. The van der Waals surface area contributed by atoms with E-state index in [0.29, 0.717) is 22.3 Å². The fraction of sp³-hybridized carbons (Fsp3) is 0.304. The molecule has 0 N–H and O–H groups in total. The highest BCUT2D eigenvalue weighted by atomic mass is 35.5. The van der Waals surface area contributed by atoms with E-state index in [1.165, 1.54) is 0 Å². The maximum atomic E-state index is 13.3.